The van der Waals surface area contributed by atoms with Gasteiger partial charge in [0.05, 0.1) is 6.57 Å². The third-order valence-electron chi connectivity index (χ3n) is 13.1. The van der Waals surface area contributed by atoms with Crippen LogP contribution in [0.5, 0.6) is 0 Å². The fourth-order valence-corrected chi connectivity index (χ4v) is 10.7. The summed E-state index contributed by atoms with van der Waals surface area (Å²) in [6.45, 7) is 23.8. The Morgan fingerprint density at radius 3 is 2.49 bits per heavy atom. The van der Waals surface area contributed by atoms with Gasteiger partial charge in [-0.25, -0.2) is 4.85 Å². The van der Waals surface area contributed by atoms with Crippen LogP contribution in [0.15, 0.2) is 27.9 Å². The van der Waals surface area contributed by atoms with E-state index in [4.69, 9.17) is 24.8 Å². The van der Waals surface area contributed by atoms with E-state index in [1.807, 2.05) is 26.0 Å². The zero-order chi connectivity index (χ0) is 31.8. The first-order chi connectivity index (χ1) is 20.1. The van der Waals surface area contributed by atoms with Gasteiger partial charge in [0.15, 0.2) is 17.4 Å². The van der Waals surface area contributed by atoms with E-state index in [1.54, 1.807) is 0 Å². The van der Waals surface area contributed by atoms with Crippen LogP contribution < -0.4 is 5.73 Å². The SMILES string of the molecule is [3HH].[3H][3H].[C-]#[N+]C1=C[C@]2(C)C3=CC(=O)[C@@H]4[C@@H]5CC(C)(C)CC[C@]5(c5noc(CCN)n5)CC[C@@]4(C)[C@]3(C)CC[C@H]2C(C)(C)C1=O. The summed E-state index contributed by atoms with van der Waals surface area (Å²) in [7, 11) is 0. The van der Waals surface area contributed by atoms with Gasteiger partial charge in [-0.3, -0.25) is 4.79 Å². The van der Waals surface area contributed by atoms with Gasteiger partial charge in [0.2, 0.25) is 11.6 Å². The molecule has 5 aliphatic rings. The van der Waals surface area contributed by atoms with Gasteiger partial charge in [-0.2, -0.15) is 4.98 Å². The largest absolute Gasteiger partial charge is 0.339 e. The molecule has 224 valence electrons. The summed E-state index contributed by atoms with van der Waals surface area (Å²) in [6.07, 6.45) is 11.1. The Morgan fingerprint density at radius 2 is 1.80 bits per heavy atom. The third-order valence-corrected chi connectivity index (χ3v) is 13.1. The van der Waals surface area contributed by atoms with Gasteiger partial charge in [-0.05, 0) is 79.1 Å². The fraction of sp³-hybridized carbons (Fsp3) is 0.735. The maximum absolute atomic E-state index is 14.7. The number of carbonyl (C=O) groups excluding carboxylic acids is 2. The number of nitrogens with zero attached hydrogens (tertiary/aromatic N) is 3. The van der Waals surface area contributed by atoms with Crippen molar-refractivity contribution in [3.05, 3.63) is 46.6 Å². The second-order valence-corrected chi connectivity index (χ2v) is 15.9. The van der Waals surface area contributed by atoms with Gasteiger partial charge < -0.3 is 15.1 Å². The normalized spacial score (nSPS) is 42.8. The smallest absolute Gasteiger partial charge is 0.227 e. The van der Waals surface area contributed by atoms with Crippen molar-refractivity contribution in [1.82, 2.24) is 10.1 Å². The summed E-state index contributed by atoms with van der Waals surface area (Å²) in [4.78, 5) is 36.5. The highest BCUT2D eigenvalue weighted by Crippen LogP contribution is 2.74. The molecule has 0 aromatic carbocycles. The first-order valence-corrected chi connectivity index (χ1v) is 15.5. The Kier molecular flexibility index (Phi) is 5.80. The topological polar surface area (TPSA) is 103 Å². The molecule has 7 atom stereocenters. The van der Waals surface area contributed by atoms with Crippen LogP contribution in [0.3, 0.4) is 0 Å². The van der Waals surface area contributed by atoms with Crippen LogP contribution in [0, 0.1) is 51.4 Å². The molecular weight excluding hydrogens is 512 g/mol. The molecule has 41 heavy (non-hydrogen) atoms. The minimum Gasteiger partial charge on any atom is -0.339 e. The molecular formula is C34H50N4O3. The molecule has 3 saturated carbocycles. The quantitative estimate of drug-likeness (QED) is 0.398. The van der Waals surface area contributed by atoms with Crippen molar-refractivity contribution < 1.29 is 18.5 Å². The summed E-state index contributed by atoms with van der Waals surface area (Å²) in [6, 6.07) is 0. The van der Waals surface area contributed by atoms with E-state index in [2.05, 4.69) is 44.6 Å². The van der Waals surface area contributed by atoms with E-state index in [-0.39, 0.29) is 58.1 Å². The number of nitrogens with two attached hydrogens (primary N) is 1. The van der Waals surface area contributed by atoms with E-state index in [0.29, 0.717) is 18.9 Å². The Hall–Kier alpha value is -2.59. The zero-order valence-electron chi connectivity index (χ0n) is 27.9. The van der Waals surface area contributed by atoms with Gasteiger partial charge in [-0.1, -0.05) is 65.3 Å². The lowest BCUT2D eigenvalue weighted by atomic mass is 9.34. The predicted molar refractivity (Wildman–Crippen MR) is 160 cm³/mol. The van der Waals surface area contributed by atoms with Crippen LogP contribution >= 0.6 is 0 Å². The molecule has 6 rings (SSSR count). The Labute approximate surface area is 249 Å². The number of aromatic nitrogens is 2. The first kappa shape index (κ1) is 27.3. The summed E-state index contributed by atoms with van der Waals surface area (Å²) < 4.78 is 15.7. The second-order valence-electron chi connectivity index (χ2n) is 15.9. The highest BCUT2D eigenvalue weighted by molar-refractivity contribution is 6.03. The third kappa shape index (κ3) is 3.58. The zero-order valence-corrected chi connectivity index (χ0v) is 25.9. The van der Waals surface area contributed by atoms with E-state index in [1.165, 1.54) is 0 Å². The molecule has 7 nitrogen and oxygen atoms in total. The molecule has 1 aromatic heterocycles. The molecule has 0 amide bonds. The molecule has 0 unspecified atom stereocenters. The van der Waals surface area contributed by atoms with Gasteiger partial charge in [0.1, 0.15) is 0 Å². The number of Topliss-reactive ketones (excluding diaryl/α,β-unsaturated/α-hetero) is 1. The van der Waals surface area contributed by atoms with Crippen molar-refractivity contribution in [3.8, 4) is 0 Å². The van der Waals surface area contributed by atoms with Crippen LogP contribution in [-0.2, 0) is 21.4 Å². The molecule has 1 heterocycles. The lowest BCUT2D eigenvalue weighted by Crippen LogP contribution is -2.65. The van der Waals surface area contributed by atoms with Crippen molar-refractivity contribution in [2.75, 3.05) is 6.54 Å². The molecule has 3 fully saturated rings. The van der Waals surface area contributed by atoms with E-state index < -0.39 is 10.8 Å². The Balaban J connectivity index is 0.00000144. The molecule has 1 aromatic rings. The van der Waals surface area contributed by atoms with Crippen LogP contribution in [-0.4, -0.2) is 28.3 Å². The lowest BCUT2D eigenvalue weighted by Gasteiger charge is -2.69. The molecule has 5 aliphatic carbocycles. The number of hydrogen-bond donors (Lipinski definition) is 1. The molecule has 0 bridgehead atoms. The molecule has 2 N–H and O–H groups in total. The average Bonchev–Trinajstić information content (AvgIpc) is 3.42. The van der Waals surface area contributed by atoms with Crippen molar-refractivity contribution in [2.45, 2.75) is 105 Å². The van der Waals surface area contributed by atoms with Crippen LogP contribution in [0.25, 0.3) is 4.85 Å². The van der Waals surface area contributed by atoms with Crippen LogP contribution in [0.4, 0.5) is 0 Å². The van der Waals surface area contributed by atoms with E-state index in [9.17, 15) is 9.59 Å². The van der Waals surface area contributed by atoms with Crippen molar-refractivity contribution in [1.29, 1.82) is 0 Å². The number of rotatable bonds is 3. The number of hydrogen-bond acceptors (Lipinski definition) is 6. The Bertz CT molecular complexity index is 1440. The standard InChI is InChI=1S/C34H46N4O3.2H2/c1-29(2)12-14-34(28-37-25(10-16-35)41-38-28)15-13-33(7)26(20(34)18-29)22(39)17-24-31(5)19-21(36-8)27(40)30(3,4)23(31)9-11-32(24,33)6;;/h17,19-20,23,26H,9-16,18,35H2,1-7H3;2*1H/t20-,23-,26-,31-,32+,33+,34-;;/m0../s1/i;1+2T;1+2. The molecule has 0 aliphatic heterocycles. The number of fused-ring (bicyclic) bond motifs is 7. The summed E-state index contributed by atoms with van der Waals surface area (Å²) in [5, 5.41) is 4.54. The van der Waals surface area contributed by atoms with Crippen molar-refractivity contribution >= 4 is 11.6 Å². The average molecular weight is 569 g/mol. The number of allylic oxidation sites excluding steroid dienone is 4. The summed E-state index contributed by atoms with van der Waals surface area (Å²) in [5.41, 5.74) is 5.33. The lowest BCUT2D eigenvalue weighted by molar-refractivity contribution is -0.160. The molecule has 0 spiro atoms. The minimum atomic E-state index is -0.651. The van der Waals surface area contributed by atoms with Gasteiger partial charge in [-0.15, -0.1) is 0 Å². The number of carbonyl (C=O) groups is 2. The molecule has 0 saturated heterocycles. The number of ketones is 2. The minimum absolute atomic E-state index is 0. The molecule has 0 radical (unpaired) electrons. The van der Waals surface area contributed by atoms with E-state index in [0.717, 1.165) is 56.3 Å². The monoisotopic (exact) mass is 568 g/mol. The highest BCUT2D eigenvalue weighted by atomic mass is 16.5. The maximum Gasteiger partial charge on any atom is 0.227 e. The first-order valence-electron chi connectivity index (χ1n) is 16.5. The van der Waals surface area contributed by atoms with E-state index >= 15 is 0 Å². The summed E-state index contributed by atoms with van der Waals surface area (Å²) in [5.74, 6) is 1.50. The Morgan fingerprint density at radius 1 is 1.10 bits per heavy atom. The van der Waals surface area contributed by atoms with Gasteiger partial charge in [0.25, 0.3) is 0 Å². The van der Waals surface area contributed by atoms with Crippen molar-refractivity contribution in [3.63, 3.8) is 0 Å². The highest BCUT2D eigenvalue weighted by Gasteiger charge is 2.70. The summed E-state index contributed by atoms with van der Waals surface area (Å²) >= 11 is 0. The van der Waals surface area contributed by atoms with Gasteiger partial charge >= 0.3 is 0 Å². The van der Waals surface area contributed by atoms with Crippen molar-refractivity contribution in [2.24, 2.45) is 50.6 Å². The fourth-order valence-electron chi connectivity index (χ4n) is 10.7. The van der Waals surface area contributed by atoms with Gasteiger partial charge in [0, 0.05) is 39.5 Å². The maximum atomic E-state index is 14.7. The predicted octanol–water partition coefficient (Wildman–Crippen LogP) is 6.89. The van der Waals surface area contributed by atoms with Crippen LogP contribution in [0.2, 0.25) is 0 Å². The molecule has 7 heteroatoms. The van der Waals surface area contributed by atoms with Crippen LogP contribution in [0.1, 0.15) is 110 Å². The second kappa shape index (κ2) is 8.72.